The second-order valence-electron chi connectivity index (χ2n) is 21.4. The van der Waals surface area contributed by atoms with Crippen LogP contribution < -0.4 is 4.90 Å². The third-order valence-corrected chi connectivity index (χ3v) is 17.3. The van der Waals surface area contributed by atoms with Crippen LogP contribution in [0.4, 0.5) is 17.1 Å². The van der Waals surface area contributed by atoms with Crippen molar-refractivity contribution < 1.29 is 0 Å². The van der Waals surface area contributed by atoms with Gasteiger partial charge in [-0.2, -0.15) is 0 Å². The number of nitrogens with zero attached hydrogens (tertiary/aromatic N) is 1. The van der Waals surface area contributed by atoms with E-state index in [4.69, 9.17) is 0 Å². The molecule has 0 radical (unpaired) electrons. The summed E-state index contributed by atoms with van der Waals surface area (Å²) in [4.78, 5) is 2.60. The minimum absolute atomic E-state index is 0.531. The topological polar surface area (TPSA) is 3.24 Å². The van der Waals surface area contributed by atoms with Crippen LogP contribution in [0.15, 0.2) is 309 Å². The number of hydrogen-bond acceptors (Lipinski definition) is 1. The van der Waals surface area contributed by atoms with Crippen LogP contribution in [-0.4, -0.2) is 0 Å². The Hall–Kier alpha value is -10.3. The number of anilines is 3. The van der Waals surface area contributed by atoms with Crippen molar-refractivity contribution in [3.8, 4) is 77.9 Å². The molecule has 0 heterocycles. The second-order valence-corrected chi connectivity index (χ2v) is 21.4. The highest BCUT2D eigenvalue weighted by atomic mass is 15.1. The average molecular weight is 1010 g/mol. The van der Waals surface area contributed by atoms with Crippen LogP contribution in [0.5, 0.6) is 0 Å². The van der Waals surface area contributed by atoms with Crippen molar-refractivity contribution in [1.29, 1.82) is 0 Å². The van der Waals surface area contributed by atoms with E-state index < -0.39 is 5.41 Å². The Morgan fingerprint density at radius 1 is 0.212 bits per heavy atom. The summed E-state index contributed by atoms with van der Waals surface area (Å²) in [6, 6.07) is 115. The van der Waals surface area contributed by atoms with Gasteiger partial charge in [-0.25, -0.2) is 0 Å². The minimum atomic E-state index is -0.531. The molecule has 0 aromatic heterocycles. The quantitative estimate of drug-likeness (QED) is 0.137. The Morgan fingerprint density at radius 3 is 1.20 bits per heavy atom. The smallest absolute Gasteiger partial charge is 0.0726 e. The lowest BCUT2D eigenvalue weighted by Crippen LogP contribution is -2.26. The third-order valence-electron chi connectivity index (χ3n) is 17.3. The van der Waals surface area contributed by atoms with Crippen LogP contribution in [0.3, 0.4) is 0 Å². The Labute approximate surface area is 466 Å². The first kappa shape index (κ1) is 45.8. The van der Waals surface area contributed by atoms with Crippen LogP contribution in [0.1, 0.15) is 22.3 Å². The maximum Gasteiger partial charge on any atom is 0.0726 e. The normalized spacial score (nSPS) is 12.6. The van der Waals surface area contributed by atoms with Gasteiger partial charge in [-0.1, -0.05) is 273 Å². The van der Waals surface area contributed by atoms with Gasteiger partial charge in [0.15, 0.2) is 0 Å². The molecule has 1 spiro atoms. The van der Waals surface area contributed by atoms with Crippen molar-refractivity contribution in [1.82, 2.24) is 0 Å². The highest BCUT2D eigenvalue weighted by molar-refractivity contribution is 6.23. The SMILES string of the molecule is c1ccc(-c2ccc(-c3ccc(N(c4ccc5c(c4)C4(c6ccccc6-c6ccccc64)c4ccccc4-5)c4c(-c5ccc6cc(-c7ccccc7)ccc6c5)c5ccccc5c5ccccc45)cc3-c3ccccc3)cc2)cc1. The van der Waals surface area contributed by atoms with E-state index in [-0.39, 0.29) is 0 Å². The molecule has 14 aromatic rings. The van der Waals surface area contributed by atoms with Crippen LogP contribution in [-0.2, 0) is 5.41 Å². The first-order chi connectivity index (χ1) is 39.7. The molecule has 0 unspecified atom stereocenters. The summed E-state index contributed by atoms with van der Waals surface area (Å²) in [5.41, 5.74) is 25.0. The average Bonchev–Trinajstić information content (AvgIpc) is 4.21. The van der Waals surface area contributed by atoms with Crippen molar-refractivity contribution in [2.75, 3.05) is 4.90 Å². The lowest BCUT2D eigenvalue weighted by atomic mass is 9.70. The lowest BCUT2D eigenvalue weighted by Gasteiger charge is -2.34. The van der Waals surface area contributed by atoms with E-state index >= 15 is 0 Å². The first-order valence-corrected chi connectivity index (χ1v) is 27.8. The van der Waals surface area contributed by atoms with E-state index in [9.17, 15) is 0 Å². The van der Waals surface area contributed by atoms with Gasteiger partial charge in [-0.05, 0) is 158 Å². The summed E-state index contributed by atoms with van der Waals surface area (Å²) in [5, 5.41) is 7.22. The zero-order valence-electron chi connectivity index (χ0n) is 43.9. The first-order valence-electron chi connectivity index (χ1n) is 27.8. The molecular formula is C79H51N. The predicted molar refractivity (Wildman–Crippen MR) is 337 cm³/mol. The zero-order chi connectivity index (χ0) is 52.7. The van der Waals surface area contributed by atoms with Crippen LogP contribution in [0.2, 0.25) is 0 Å². The molecule has 0 bridgehead atoms. The summed E-state index contributed by atoms with van der Waals surface area (Å²) in [7, 11) is 0. The fourth-order valence-electron chi connectivity index (χ4n) is 13.7. The van der Waals surface area contributed by atoms with Crippen LogP contribution in [0.25, 0.3) is 110 Å². The molecule has 2 aliphatic carbocycles. The Kier molecular flexibility index (Phi) is 10.5. The van der Waals surface area contributed by atoms with Gasteiger partial charge in [0.2, 0.25) is 0 Å². The standard InChI is InChI=1S/C79H51N/c1-4-20-52(21-5-1)54-36-38-56(39-37-54)63-46-44-61(50-72(63)55-24-8-3-9-25-55)80(62-45-47-69-68-30-16-19-35-75(68)79(76(69)51-62)73-33-17-14-28-66(73)67-29-15-18-34-74(67)79)78-71-32-13-11-27-65(71)64-26-10-12-31-70(64)77(78)60-43-42-58-48-57(40-41-59(58)49-60)53-22-6-2-7-23-53/h1-51H. The monoisotopic (exact) mass is 1010 g/mol. The summed E-state index contributed by atoms with van der Waals surface area (Å²) >= 11 is 0. The van der Waals surface area contributed by atoms with E-state index in [0.717, 1.165) is 33.8 Å². The molecule has 1 nitrogen and oxygen atoms in total. The molecule has 0 N–H and O–H groups in total. The number of rotatable bonds is 8. The van der Waals surface area contributed by atoms with Crippen LogP contribution in [0, 0.1) is 0 Å². The fraction of sp³-hybridized carbons (Fsp3) is 0.0127. The second kappa shape index (κ2) is 18.4. The van der Waals surface area contributed by atoms with Gasteiger partial charge in [0.05, 0.1) is 11.1 Å². The molecular weight excluding hydrogens is 963 g/mol. The maximum atomic E-state index is 2.60. The molecule has 0 saturated heterocycles. The summed E-state index contributed by atoms with van der Waals surface area (Å²) in [6.07, 6.45) is 0. The number of benzene rings is 14. The maximum absolute atomic E-state index is 2.60. The summed E-state index contributed by atoms with van der Waals surface area (Å²) in [6.45, 7) is 0. The molecule has 16 rings (SSSR count). The Bertz CT molecular complexity index is 4680. The van der Waals surface area contributed by atoms with E-state index in [1.807, 2.05) is 0 Å². The highest BCUT2D eigenvalue weighted by Gasteiger charge is 2.51. The summed E-state index contributed by atoms with van der Waals surface area (Å²) < 4.78 is 0. The van der Waals surface area contributed by atoms with Gasteiger partial charge in [0.25, 0.3) is 0 Å². The summed E-state index contributed by atoms with van der Waals surface area (Å²) in [5.74, 6) is 0. The molecule has 0 fully saturated rings. The predicted octanol–water partition coefficient (Wildman–Crippen LogP) is 21.3. The van der Waals surface area contributed by atoms with Crippen molar-refractivity contribution >= 4 is 49.4 Å². The minimum Gasteiger partial charge on any atom is -0.309 e. The van der Waals surface area contributed by atoms with E-state index in [1.54, 1.807) is 0 Å². The van der Waals surface area contributed by atoms with Crippen molar-refractivity contribution in [3.05, 3.63) is 332 Å². The van der Waals surface area contributed by atoms with E-state index in [1.165, 1.54) is 116 Å². The van der Waals surface area contributed by atoms with Gasteiger partial charge in [0.1, 0.15) is 0 Å². The molecule has 0 amide bonds. The molecule has 1 heteroatoms. The van der Waals surface area contributed by atoms with Crippen molar-refractivity contribution in [2.24, 2.45) is 0 Å². The Balaban J connectivity index is 0.995. The molecule has 80 heavy (non-hydrogen) atoms. The third kappa shape index (κ3) is 7.04. The Morgan fingerprint density at radius 2 is 0.600 bits per heavy atom. The molecule has 0 saturated carbocycles. The van der Waals surface area contributed by atoms with Crippen molar-refractivity contribution in [2.45, 2.75) is 5.41 Å². The van der Waals surface area contributed by atoms with Gasteiger partial charge >= 0.3 is 0 Å². The van der Waals surface area contributed by atoms with Gasteiger partial charge < -0.3 is 4.90 Å². The van der Waals surface area contributed by atoms with E-state index in [2.05, 4.69) is 314 Å². The van der Waals surface area contributed by atoms with Gasteiger partial charge in [-0.3, -0.25) is 0 Å². The van der Waals surface area contributed by atoms with Crippen molar-refractivity contribution in [3.63, 3.8) is 0 Å². The molecule has 0 aliphatic heterocycles. The molecule has 14 aromatic carbocycles. The largest absolute Gasteiger partial charge is 0.309 e. The van der Waals surface area contributed by atoms with Gasteiger partial charge in [-0.15, -0.1) is 0 Å². The molecule has 2 aliphatic rings. The number of hydrogen-bond donors (Lipinski definition) is 0. The number of fused-ring (bicyclic) bond motifs is 14. The fourth-order valence-corrected chi connectivity index (χ4v) is 13.7. The zero-order valence-corrected chi connectivity index (χ0v) is 43.9. The highest BCUT2D eigenvalue weighted by Crippen LogP contribution is 2.64. The van der Waals surface area contributed by atoms with Gasteiger partial charge in [0, 0.05) is 22.3 Å². The lowest BCUT2D eigenvalue weighted by molar-refractivity contribution is 0.793. The van der Waals surface area contributed by atoms with Crippen LogP contribution >= 0.6 is 0 Å². The van der Waals surface area contributed by atoms with E-state index in [0.29, 0.717) is 0 Å². The molecule has 372 valence electrons. The molecule has 0 atom stereocenters.